The maximum Gasteiger partial charge on any atom is 0.352 e. The van der Waals surface area contributed by atoms with Crippen LogP contribution in [0.4, 0.5) is 5.82 Å². The zero-order chi connectivity index (χ0) is 13.0. The predicted molar refractivity (Wildman–Crippen MR) is 62.1 cm³/mol. The quantitative estimate of drug-likeness (QED) is 0.824. The van der Waals surface area contributed by atoms with E-state index in [9.17, 15) is 9.59 Å². The molecule has 0 spiro atoms. The smallest absolute Gasteiger partial charge is 0.352 e. The highest BCUT2D eigenvalue weighted by molar-refractivity contribution is 5.91. The summed E-state index contributed by atoms with van der Waals surface area (Å²) in [4.78, 5) is 30.2. The molecule has 0 bridgehead atoms. The summed E-state index contributed by atoms with van der Waals surface area (Å²) in [6.07, 6.45) is 5.88. The predicted octanol–water partition coefficient (Wildman–Crippen LogP) is 0.615. The highest BCUT2D eigenvalue weighted by Gasteiger charge is 2.11. The number of rotatable bonds is 4. The number of amides is 1. The van der Waals surface area contributed by atoms with Gasteiger partial charge >= 0.3 is 5.97 Å². The minimum atomic E-state index is -1.08. The van der Waals surface area contributed by atoms with Gasteiger partial charge in [0, 0.05) is 18.6 Å². The maximum absolute atomic E-state index is 11.7. The van der Waals surface area contributed by atoms with Crippen molar-refractivity contribution in [2.45, 2.75) is 6.54 Å². The first-order chi connectivity index (χ1) is 8.66. The number of carboxylic acid groups (broad SMARTS) is 1. The molecule has 7 heteroatoms. The average Bonchev–Trinajstić information content (AvgIpc) is 2.78. The number of aromatic carboxylic acids is 1. The lowest BCUT2D eigenvalue weighted by molar-refractivity contribution is -0.116. The van der Waals surface area contributed by atoms with Crippen molar-refractivity contribution in [1.82, 2.24) is 14.5 Å². The summed E-state index contributed by atoms with van der Waals surface area (Å²) in [5, 5.41) is 11.4. The Kier molecular flexibility index (Phi) is 3.33. The number of carbonyl (C=O) groups is 2. The Hall–Kier alpha value is -2.70. The minimum absolute atomic E-state index is 0.0595. The summed E-state index contributed by atoms with van der Waals surface area (Å²) in [7, 11) is 0. The largest absolute Gasteiger partial charge is 0.477 e. The van der Waals surface area contributed by atoms with Gasteiger partial charge in [-0.25, -0.2) is 9.78 Å². The number of anilines is 1. The van der Waals surface area contributed by atoms with E-state index < -0.39 is 5.97 Å². The van der Waals surface area contributed by atoms with E-state index in [4.69, 9.17) is 5.11 Å². The van der Waals surface area contributed by atoms with Crippen molar-refractivity contribution in [3.05, 3.63) is 42.6 Å². The molecule has 0 saturated heterocycles. The summed E-state index contributed by atoms with van der Waals surface area (Å²) in [6.45, 7) is -0.0921. The van der Waals surface area contributed by atoms with Crippen LogP contribution in [0.15, 0.2) is 36.9 Å². The van der Waals surface area contributed by atoms with Crippen molar-refractivity contribution in [1.29, 1.82) is 0 Å². The van der Waals surface area contributed by atoms with Gasteiger partial charge in [0.05, 0.1) is 6.20 Å². The molecule has 1 amide bonds. The number of hydrogen-bond acceptors (Lipinski definition) is 4. The SMILES string of the molecule is O=C(Cn1cccc1C(=O)O)Nc1cnccn1. The van der Waals surface area contributed by atoms with Gasteiger partial charge in [0.15, 0.2) is 5.82 Å². The van der Waals surface area contributed by atoms with Crippen molar-refractivity contribution in [3.63, 3.8) is 0 Å². The molecule has 92 valence electrons. The zero-order valence-electron chi connectivity index (χ0n) is 9.28. The molecule has 0 atom stereocenters. The second kappa shape index (κ2) is 5.09. The standard InChI is InChI=1S/C11H10N4O3/c16-10(14-9-6-12-3-4-13-9)7-15-5-1-2-8(15)11(17)18/h1-6H,7H2,(H,17,18)(H,13,14,16). The van der Waals surface area contributed by atoms with Crippen LogP contribution in [0.2, 0.25) is 0 Å². The Morgan fingerprint density at radius 2 is 2.22 bits per heavy atom. The van der Waals surface area contributed by atoms with Crippen LogP contribution in [0, 0.1) is 0 Å². The molecule has 0 aliphatic rings. The van der Waals surface area contributed by atoms with Crippen molar-refractivity contribution >= 4 is 17.7 Å². The van der Waals surface area contributed by atoms with E-state index in [1.165, 1.54) is 35.4 Å². The van der Waals surface area contributed by atoms with Crippen LogP contribution >= 0.6 is 0 Å². The first-order valence-corrected chi connectivity index (χ1v) is 5.11. The van der Waals surface area contributed by atoms with Crippen LogP contribution in [0.1, 0.15) is 10.5 Å². The van der Waals surface area contributed by atoms with Gasteiger partial charge in [0.1, 0.15) is 12.2 Å². The molecule has 2 heterocycles. The molecule has 0 saturated carbocycles. The number of carbonyl (C=O) groups excluding carboxylic acids is 1. The molecule has 0 aliphatic carbocycles. The van der Waals surface area contributed by atoms with Gasteiger partial charge in [-0.3, -0.25) is 9.78 Å². The van der Waals surface area contributed by atoms with E-state index in [0.29, 0.717) is 5.82 Å². The average molecular weight is 246 g/mol. The maximum atomic E-state index is 11.7. The van der Waals surface area contributed by atoms with E-state index in [0.717, 1.165) is 0 Å². The van der Waals surface area contributed by atoms with Crippen LogP contribution in [0.5, 0.6) is 0 Å². The highest BCUT2D eigenvalue weighted by Crippen LogP contribution is 2.03. The third kappa shape index (κ3) is 2.70. The second-order valence-electron chi connectivity index (χ2n) is 3.47. The zero-order valence-corrected chi connectivity index (χ0v) is 9.28. The molecule has 2 aromatic rings. The van der Waals surface area contributed by atoms with E-state index in [-0.39, 0.29) is 18.1 Å². The third-order valence-electron chi connectivity index (χ3n) is 2.19. The third-order valence-corrected chi connectivity index (χ3v) is 2.19. The molecule has 0 unspecified atom stereocenters. The van der Waals surface area contributed by atoms with Gasteiger partial charge in [0.25, 0.3) is 0 Å². The molecular formula is C11H10N4O3. The monoisotopic (exact) mass is 246 g/mol. The molecule has 0 radical (unpaired) electrons. The summed E-state index contributed by atoms with van der Waals surface area (Å²) >= 11 is 0. The van der Waals surface area contributed by atoms with E-state index in [1.54, 1.807) is 6.07 Å². The first-order valence-electron chi connectivity index (χ1n) is 5.11. The lowest BCUT2D eigenvalue weighted by Gasteiger charge is -2.06. The Labute approximate surface area is 102 Å². The Morgan fingerprint density at radius 3 is 2.89 bits per heavy atom. The van der Waals surface area contributed by atoms with Gasteiger partial charge in [-0.15, -0.1) is 0 Å². The second-order valence-corrected chi connectivity index (χ2v) is 3.47. The molecule has 2 N–H and O–H groups in total. The number of carboxylic acids is 1. The number of hydrogen-bond donors (Lipinski definition) is 2. The molecule has 2 aromatic heterocycles. The van der Waals surface area contributed by atoms with Gasteiger partial charge < -0.3 is 15.0 Å². The molecule has 0 aromatic carbocycles. The lowest BCUT2D eigenvalue weighted by Crippen LogP contribution is -2.21. The number of nitrogens with zero attached hydrogens (tertiary/aromatic N) is 3. The number of aromatic nitrogens is 3. The number of nitrogens with one attached hydrogen (secondary N) is 1. The molecule has 7 nitrogen and oxygen atoms in total. The summed E-state index contributed by atoms with van der Waals surface area (Å²) in [5.74, 6) is -1.12. The Morgan fingerprint density at radius 1 is 1.39 bits per heavy atom. The van der Waals surface area contributed by atoms with Crippen molar-refractivity contribution in [2.24, 2.45) is 0 Å². The van der Waals surface area contributed by atoms with Crippen molar-refractivity contribution in [3.8, 4) is 0 Å². The summed E-state index contributed by atoms with van der Waals surface area (Å²) < 4.78 is 1.34. The molecule has 0 fully saturated rings. The van der Waals surface area contributed by atoms with Gasteiger partial charge in [-0.05, 0) is 12.1 Å². The van der Waals surface area contributed by atoms with Crippen LogP contribution in [0.3, 0.4) is 0 Å². The van der Waals surface area contributed by atoms with Crippen molar-refractivity contribution < 1.29 is 14.7 Å². The lowest BCUT2D eigenvalue weighted by atomic mass is 10.4. The van der Waals surface area contributed by atoms with Crippen LogP contribution in [-0.4, -0.2) is 31.5 Å². The van der Waals surface area contributed by atoms with Gasteiger partial charge in [0.2, 0.25) is 5.91 Å². The van der Waals surface area contributed by atoms with E-state index in [1.807, 2.05) is 0 Å². The topological polar surface area (TPSA) is 97.1 Å². The van der Waals surface area contributed by atoms with E-state index >= 15 is 0 Å². The summed E-state index contributed by atoms with van der Waals surface area (Å²) in [5.41, 5.74) is 0.0595. The van der Waals surface area contributed by atoms with Crippen molar-refractivity contribution in [2.75, 3.05) is 5.32 Å². The van der Waals surface area contributed by atoms with Crippen LogP contribution in [0.25, 0.3) is 0 Å². The highest BCUT2D eigenvalue weighted by atomic mass is 16.4. The first kappa shape index (κ1) is 11.8. The van der Waals surface area contributed by atoms with Crippen LogP contribution in [-0.2, 0) is 11.3 Å². The fourth-order valence-corrected chi connectivity index (χ4v) is 1.45. The summed E-state index contributed by atoms with van der Waals surface area (Å²) in [6, 6.07) is 3.00. The normalized spacial score (nSPS) is 10.0. The fourth-order valence-electron chi connectivity index (χ4n) is 1.45. The Balaban J connectivity index is 2.04. The van der Waals surface area contributed by atoms with Gasteiger partial charge in [-0.2, -0.15) is 0 Å². The fraction of sp³-hybridized carbons (Fsp3) is 0.0909. The minimum Gasteiger partial charge on any atom is -0.477 e. The molecular weight excluding hydrogens is 236 g/mol. The molecule has 2 rings (SSSR count). The van der Waals surface area contributed by atoms with E-state index in [2.05, 4.69) is 15.3 Å². The Bertz CT molecular complexity index is 565. The van der Waals surface area contributed by atoms with Crippen LogP contribution < -0.4 is 5.32 Å². The van der Waals surface area contributed by atoms with Gasteiger partial charge in [-0.1, -0.05) is 0 Å². The molecule has 18 heavy (non-hydrogen) atoms. The molecule has 0 aliphatic heterocycles.